The average molecular weight is 404 g/mol. The lowest BCUT2D eigenvalue weighted by molar-refractivity contribution is -0.121. The summed E-state index contributed by atoms with van der Waals surface area (Å²) in [5.41, 5.74) is 3.48. The molecule has 0 aliphatic carbocycles. The number of carbonyl (C=O) groups is 1. The van der Waals surface area contributed by atoms with E-state index in [-0.39, 0.29) is 5.91 Å². The van der Waals surface area contributed by atoms with Gasteiger partial charge in [0, 0.05) is 24.6 Å². The molecule has 3 rings (SSSR count). The van der Waals surface area contributed by atoms with Gasteiger partial charge in [-0.2, -0.15) is 0 Å². The number of amides is 1. The fourth-order valence-corrected chi connectivity index (χ4v) is 3.60. The van der Waals surface area contributed by atoms with Gasteiger partial charge in [0.05, 0.1) is 14.2 Å². The number of nitrogens with one attached hydrogen (secondary N) is 1. The van der Waals surface area contributed by atoms with E-state index in [9.17, 15) is 4.79 Å². The Morgan fingerprint density at radius 2 is 1.60 bits per heavy atom. The predicted octanol–water partition coefficient (Wildman–Crippen LogP) is 5.13. The molecule has 0 aromatic heterocycles. The lowest BCUT2D eigenvalue weighted by atomic mass is 9.88. The zero-order valence-corrected chi connectivity index (χ0v) is 17.6. The first-order valence-electron chi connectivity index (χ1n) is 10.3. The van der Waals surface area contributed by atoms with Gasteiger partial charge in [-0.15, -0.1) is 0 Å². The van der Waals surface area contributed by atoms with Crippen LogP contribution in [0.4, 0.5) is 0 Å². The maximum Gasteiger partial charge on any atom is 0.220 e. The molecule has 1 amide bonds. The summed E-state index contributed by atoms with van der Waals surface area (Å²) in [6.07, 6.45) is 2.19. The second kappa shape index (κ2) is 11.1. The number of methoxy groups -OCH3 is 2. The summed E-state index contributed by atoms with van der Waals surface area (Å²) < 4.78 is 10.6. The Balaban J connectivity index is 1.59. The Kier molecular flexibility index (Phi) is 7.90. The van der Waals surface area contributed by atoms with Crippen molar-refractivity contribution in [3.63, 3.8) is 0 Å². The van der Waals surface area contributed by atoms with E-state index in [0.29, 0.717) is 24.6 Å². The van der Waals surface area contributed by atoms with Crippen LogP contribution < -0.4 is 14.8 Å². The molecular weight excluding hydrogens is 374 g/mol. The van der Waals surface area contributed by atoms with Gasteiger partial charge >= 0.3 is 0 Å². The summed E-state index contributed by atoms with van der Waals surface area (Å²) in [4.78, 5) is 12.6. The van der Waals surface area contributed by atoms with E-state index in [0.717, 1.165) is 24.2 Å². The minimum atomic E-state index is 0.0434. The minimum Gasteiger partial charge on any atom is -0.497 e. The van der Waals surface area contributed by atoms with Crippen LogP contribution in [-0.4, -0.2) is 20.1 Å². The predicted molar refractivity (Wildman–Crippen MR) is 120 cm³/mol. The maximum atomic E-state index is 12.6. The summed E-state index contributed by atoms with van der Waals surface area (Å²) in [6, 6.07) is 26.5. The van der Waals surface area contributed by atoms with E-state index in [2.05, 4.69) is 53.8 Å². The molecule has 1 atom stereocenters. The van der Waals surface area contributed by atoms with Crippen LogP contribution in [-0.2, 0) is 17.8 Å². The second-order valence-electron chi connectivity index (χ2n) is 7.29. The Morgan fingerprint density at radius 3 is 2.27 bits per heavy atom. The largest absolute Gasteiger partial charge is 0.497 e. The molecule has 0 saturated carbocycles. The van der Waals surface area contributed by atoms with Crippen LogP contribution in [0.5, 0.6) is 11.5 Å². The lowest BCUT2D eigenvalue weighted by Crippen LogP contribution is -2.23. The van der Waals surface area contributed by atoms with Gasteiger partial charge in [0.15, 0.2) is 0 Å². The Bertz CT molecular complexity index is 926. The van der Waals surface area contributed by atoms with Crippen LogP contribution in [0.1, 0.15) is 35.4 Å². The smallest absolute Gasteiger partial charge is 0.220 e. The summed E-state index contributed by atoms with van der Waals surface area (Å²) >= 11 is 0. The van der Waals surface area contributed by atoms with Crippen LogP contribution in [0.25, 0.3) is 0 Å². The molecule has 0 radical (unpaired) electrons. The lowest BCUT2D eigenvalue weighted by Gasteiger charge is -2.18. The molecule has 4 nitrogen and oxygen atoms in total. The zero-order valence-electron chi connectivity index (χ0n) is 17.6. The fraction of sp³-hybridized carbons (Fsp3) is 0.269. The summed E-state index contributed by atoms with van der Waals surface area (Å²) in [5.74, 6) is 1.78. The molecule has 0 spiro atoms. The molecule has 0 heterocycles. The molecule has 0 bridgehead atoms. The first-order valence-corrected chi connectivity index (χ1v) is 10.3. The van der Waals surface area contributed by atoms with Gasteiger partial charge in [-0.1, -0.05) is 60.7 Å². The number of carbonyl (C=O) groups excluding carboxylic acids is 1. The number of hydrogen-bond acceptors (Lipinski definition) is 3. The zero-order chi connectivity index (χ0) is 21.2. The monoisotopic (exact) mass is 403 g/mol. The Labute approximate surface area is 178 Å². The first kappa shape index (κ1) is 21.4. The van der Waals surface area contributed by atoms with Crippen molar-refractivity contribution in [1.29, 1.82) is 0 Å². The average Bonchev–Trinajstić information content (AvgIpc) is 2.81. The molecule has 3 aromatic carbocycles. The summed E-state index contributed by atoms with van der Waals surface area (Å²) in [6.45, 7) is 0.431. The summed E-state index contributed by atoms with van der Waals surface area (Å²) in [5, 5.41) is 3.02. The third-order valence-corrected chi connectivity index (χ3v) is 5.29. The number of ether oxygens (including phenoxy) is 2. The van der Waals surface area contributed by atoms with Crippen molar-refractivity contribution in [3.05, 3.63) is 95.6 Å². The molecule has 30 heavy (non-hydrogen) atoms. The third kappa shape index (κ3) is 6.11. The van der Waals surface area contributed by atoms with Gasteiger partial charge in [-0.25, -0.2) is 0 Å². The number of benzene rings is 3. The van der Waals surface area contributed by atoms with E-state index in [1.165, 1.54) is 11.1 Å². The standard InChI is InChI=1S/C26H29NO3/c1-29-24-15-13-23(25(18-24)30-2)19-27-26(28)16-14-22(21-11-7-4-8-12-21)17-20-9-5-3-6-10-20/h3-13,15,18,22H,14,16-17,19H2,1-2H3,(H,27,28)/t22-/m1/s1. The van der Waals surface area contributed by atoms with Crippen molar-refractivity contribution >= 4 is 5.91 Å². The van der Waals surface area contributed by atoms with E-state index >= 15 is 0 Å². The van der Waals surface area contributed by atoms with Gasteiger partial charge in [0.1, 0.15) is 11.5 Å². The molecule has 1 N–H and O–H groups in total. The highest BCUT2D eigenvalue weighted by Gasteiger charge is 2.15. The van der Waals surface area contributed by atoms with Crippen molar-refractivity contribution in [2.75, 3.05) is 14.2 Å². The van der Waals surface area contributed by atoms with Crippen molar-refractivity contribution in [2.24, 2.45) is 0 Å². The molecule has 3 aromatic rings. The van der Waals surface area contributed by atoms with Crippen molar-refractivity contribution in [1.82, 2.24) is 5.32 Å². The molecule has 0 fully saturated rings. The van der Waals surface area contributed by atoms with Crippen molar-refractivity contribution < 1.29 is 14.3 Å². The Hall–Kier alpha value is -3.27. The maximum absolute atomic E-state index is 12.6. The molecule has 0 aliphatic rings. The molecule has 0 unspecified atom stereocenters. The van der Waals surface area contributed by atoms with E-state index in [4.69, 9.17) is 9.47 Å². The third-order valence-electron chi connectivity index (χ3n) is 5.29. The van der Waals surface area contributed by atoms with Crippen LogP contribution in [0.2, 0.25) is 0 Å². The minimum absolute atomic E-state index is 0.0434. The highest BCUT2D eigenvalue weighted by Crippen LogP contribution is 2.26. The first-order chi connectivity index (χ1) is 14.7. The quantitative estimate of drug-likeness (QED) is 0.511. The van der Waals surface area contributed by atoms with Crippen molar-refractivity contribution in [2.45, 2.75) is 31.7 Å². The molecule has 0 saturated heterocycles. The fourth-order valence-electron chi connectivity index (χ4n) is 3.60. The molecule has 0 aliphatic heterocycles. The van der Waals surface area contributed by atoms with E-state index < -0.39 is 0 Å². The van der Waals surface area contributed by atoms with Crippen LogP contribution in [0, 0.1) is 0 Å². The highest BCUT2D eigenvalue weighted by atomic mass is 16.5. The van der Waals surface area contributed by atoms with Gasteiger partial charge in [0.25, 0.3) is 0 Å². The topological polar surface area (TPSA) is 47.6 Å². The van der Waals surface area contributed by atoms with Crippen LogP contribution in [0.15, 0.2) is 78.9 Å². The van der Waals surface area contributed by atoms with Gasteiger partial charge < -0.3 is 14.8 Å². The van der Waals surface area contributed by atoms with E-state index in [1.807, 2.05) is 30.3 Å². The SMILES string of the molecule is COc1ccc(CNC(=O)CC[C@H](Cc2ccccc2)c2ccccc2)c(OC)c1. The van der Waals surface area contributed by atoms with Crippen LogP contribution >= 0.6 is 0 Å². The van der Waals surface area contributed by atoms with Crippen LogP contribution in [0.3, 0.4) is 0 Å². The second-order valence-corrected chi connectivity index (χ2v) is 7.29. The molecule has 156 valence electrons. The van der Waals surface area contributed by atoms with Gasteiger partial charge in [-0.3, -0.25) is 4.79 Å². The van der Waals surface area contributed by atoms with Gasteiger partial charge in [-0.05, 0) is 42.0 Å². The molecular formula is C26H29NO3. The number of hydrogen-bond donors (Lipinski definition) is 1. The van der Waals surface area contributed by atoms with E-state index in [1.54, 1.807) is 14.2 Å². The van der Waals surface area contributed by atoms with Crippen molar-refractivity contribution in [3.8, 4) is 11.5 Å². The molecule has 4 heteroatoms. The normalized spacial score (nSPS) is 11.5. The highest BCUT2D eigenvalue weighted by molar-refractivity contribution is 5.76. The number of rotatable bonds is 10. The van der Waals surface area contributed by atoms with Gasteiger partial charge in [0.2, 0.25) is 5.91 Å². The summed E-state index contributed by atoms with van der Waals surface area (Å²) in [7, 11) is 3.24. The Morgan fingerprint density at radius 1 is 0.900 bits per heavy atom.